The third-order valence-electron chi connectivity index (χ3n) is 1.11. The molecule has 2 rings (SSSR count). The van der Waals surface area contributed by atoms with Gasteiger partial charge >= 0.3 is 21.1 Å². The summed E-state index contributed by atoms with van der Waals surface area (Å²) in [5, 5.41) is 0. The second-order valence-electron chi connectivity index (χ2n) is 1.92. The number of halogens is 1. The summed E-state index contributed by atoms with van der Waals surface area (Å²) in [5.74, 6) is 0. The van der Waals surface area contributed by atoms with Crippen LogP contribution in [0.4, 0.5) is 0 Å². The third kappa shape index (κ3) is 11.7. The molecule has 2 heteroatoms. The zero-order valence-corrected chi connectivity index (χ0v) is 10.0. The maximum atomic E-state index is 4.39. The quantitative estimate of drug-likeness (QED) is 0.506. The van der Waals surface area contributed by atoms with E-state index in [4.69, 9.17) is 0 Å². The van der Waals surface area contributed by atoms with E-state index < -0.39 is 0 Å². The summed E-state index contributed by atoms with van der Waals surface area (Å²) in [5.41, 5.74) is 0. The van der Waals surface area contributed by atoms with E-state index in [0.29, 0.717) is 0 Å². The second kappa shape index (κ2) is 14.2. The fraction of sp³-hybridized carbons (Fsp3) is 0. The molecule has 69 valence electrons. The first kappa shape index (κ1) is 15.2. The van der Waals surface area contributed by atoms with Crippen LogP contribution in [0.25, 0.3) is 0 Å². The van der Waals surface area contributed by atoms with Crippen LogP contribution in [0, 0.1) is 6.38 Å². The Morgan fingerprint density at radius 3 is 1.00 bits per heavy atom. The Hall–Kier alpha value is -0.322. The normalized spacial score (nSPS) is 6.62. The fourth-order valence-electron chi connectivity index (χ4n) is 0.642. The van der Waals surface area contributed by atoms with Crippen molar-refractivity contribution in [3.63, 3.8) is 0 Å². The first-order chi connectivity index (χ1) is 6.00. The molecule has 0 nitrogen and oxygen atoms in total. The zero-order valence-electron chi connectivity index (χ0n) is 7.27. The van der Waals surface area contributed by atoms with Crippen LogP contribution in [-0.4, -0.2) is 0 Å². The molecule has 0 atom stereocenters. The minimum atomic E-state index is 0. The van der Waals surface area contributed by atoms with Crippen molar-refractivity contribution >= 4 is 11.6 Å². The average Bonchev–Trinajstić information content (AvgIpc) is 2.87. The molecule has 0 bridgehead atoms. The van der Waals surface area contributed by atoms with Crippen LogP contribution in [0.15, 0.2) is 60.7 Å². The summed E-state index contributed by atoms with van der Waals surface area (Å²) in [6, 6.07) is 20.0. The van der Waals surface area contributed by atoms with Crippen LogP contribution in [-0.2, 0) is 21.1 Å². The van der Waals surface area contributed by atoms with Gasteiger partial charge in [-0.05, 0) is 0 Å². The first-order valence-corrected chi connectivity index (χ1v) is 4.14. The van der Waals surface area contributed by atoms with Crippen LogP contribution in [0.3, 0.4) is 0 Å². The minimum Gasteiger partial charge on any atom is -0.352 e. The van der Waals surface area contributed by atoms with E-state index in [0.717, 1.165) is 0 Å². The standard InChI is InChI=1S/2C5H5.CH2Cl.Mo/c2*1-2-4-5-3-1;1-2;/h2*1-5H;1H2;/q3*-1;+3. The van der Waals surface area contributed by atoms with E-state index >= 15 is 0 Å². The van der Waals surface area contributed by atoms with Gasteiger partial charge in [0.25, 0.3) is 0 Å². The summed E-state index contributed by atoms with van der Waals surface area (Å²) in [6.07, 6.45) is 2.72. The molecule has 0 aliphatic heterocycles. The van der Waals surface area contributed by atoms with Gasteiger partial charge in [-0.2, -0.15) is 36.4 Å². The number of hydrogen-bond donors (Lipinski definition) is 0. The van der Waals surface area contributed by atoms with Crippen molar-refractivity contribution in [3.8, 4) is 0 Å². The molecule has 0 saturated carbocycles. The van der Waals surface area contributed by atoms with Gasteiger partial charge in [0.1, 0.15) is 0 Å². The summed E-state index contributed by atoms with van der Waals surface area (Å²) < 4.78 is 0. The van der Waals surface area contributed by atoms with Crippen LogP contribution in [0.1, 0.15) is 0 Å². The maximum Gasteiger partial charge on any atom is 3.00 e. The van der Waals surface area contributed by atoms with Crippen molar-refractivity contribution in [1.29, 1.82) is 0 Å². The molecule has 0 saturated heterocycles. The Kier molecular flexibility index (Phi) is 16.6. The monoisotopic (exact) mass is 277 g/mol. The van der Waals surface area contributed by atoms with Gasteiger partial charge in [-0.25, -0.2) is 24.3 Å². The van der Waals surface area contributed by atoms with Gasteiger partial charge in [0.2, 0.25) is 0 Å². The minimum absolute atomic E-state index is 0. The molecule has 0 aromatic heterocycles. The molecular formula is C11H12ClMo. The van der Waals surface area contributed by atoms with Gasteiger partial charge in [0.05, 0.1) is 0 Å². The molecule has 0 fully saturated rings. The van der Waals surface area contributed by atoms with E-state index in [1.165, 1.54) is 0 Å². The van der Waals surface area contributed by atoms with Crippen LogP contribution >= 0.6 is 11.6 Å². The van der Waals surface area contributed by atoms with Crippen molar-refractivity contribution in [3.05, 3.63) is 67.0 Å². The van der Waals surface area contributed by atoms with Crippen molar-refractivity contribution in [2.24, 2.45) is 0 Å². The summed E-state index contributed by atoms with van der Waals surface area (Å²) in [6.45, 7) is 0. The Balaban J connectivity index is 0. The van der Waals surface area contributed by atoms with Gasteiger partial charge in [0.15, 0.2) is 0 Å². The SMILES string of the molecule is [CH2-]Cl.[Mo+3].c1cc[cH-]c1.c1cc[cH-]c1. The third-order valence-corrected chi connectivity index (χ3v) is 1.11. The molecule has 1 radical (unpaired) electrons. The van der Waals surface area contributed by atoms with E-state index in [-0.39, 0.29) is 21.1 Å². The van der Waals surface area contributed by atoms with E-state index in [9.17, 15) is 0 Å². The van der Waals surface area contributed by atoms with Crippen molar-refractivity contribution in [2.45, 2.75) is 0 Å². The Bertz CT molecular complexity index is 149. The van der Waals surface area contributed by atoms with Crippen LogP contribution in [0.2, 0.25) is 0 Å². The zero-order chi connectivity index (χ0) is 9.07. The van der Waals surface area contributed by atoms with E-state index in [1.807, 2.05) is 60.7 Å². The van der Waals surface area contributed by atoms with Gasteiger partial charge in [0, 0.05) is 0 Å². The van der Waals surface area contributed by atoms with Crippen LogP contribution < -0.4 is 0 Å². The summed E-state index contributed by atoms with van der Waals surface area (Å²) >= 11 is 4.39. The number of rotatable bonds is 0. The molecule has 0 aliphatic rings. The predicted molar refractivity (Wildman–Crippen MR) is 55.3 cm³/mol. The van der Waals surface area contributed by atoms with E-state index in [2.05, 4.69) is 18.0 Å². The number of hydrogen-bond acceptors (Lipinski definition) is 0. The molecule has 0 spiro atoms. The first-order valence-electron chi connectivity index (χ1n) is 3.60. The molecule has 0 N–H and O–H groups in total. The molecule has 2 aromatic rings. The average molecular weight is 276 g/mol. The van der Waals surface area contributed by atoms with E-state index in [1.54, 1.807) is 0 Å². The molecule has 0 aliphatic carbocycles. The van der Waals surface area contributed by atoms with Gasteiger partial charge < -0.3 is 11.6 Å². The second-order valence-corrected chi connectivity index (χ2v) is 1.92. The molecule has 0 heterocycles. The van der Waals surface area contributed by atoms with Crippen molar-refractivity contribution in [1.82, 2.24) is 0 Å². The topological polar surface area (TPSA) is 0 Å². The predicted octanol–water partition coefficient (Wildman–Crippen LogP) is 3.83. The Morgan fingerprint density at radius 2 is 0.923 bits per heavy atom. The Morgan fingerprint density at radius 1 is 0.692 bits per heavy atom. The molecular weight excluding hydrogens is 264 g/mol. The largest absolute Gasteiger partial charge is 3.00 e. The summed E-state index contributed by atoms with van der Waals surface area (Å²) in [4.78, 5) is 0. The molecule has 2 aromatic carbocycles. The van der Waals surface area contributed by atoms with Crippen molar-refractivity contribution < 1.29 is 21.1 Å². The molecule has 13 heavy (non-hydrogen) atoms. The molecule has 0 amide bonds. The smallest absolute Gasteiger partial charge is 0.352 e. The summed E-state index contributed by atoms with van der Waals surface area (Å²) in [7, 11) is 0. The van der Waals surface area contributed by atoms with Gasteiger partial charge in [-0.3, -0.25) is 6.38 Å². The Labute approximate surface area is 99.5 Å². The van der Waals surface area contributed by atoms with Gasteiger partial charge in [-0.1, -0.05) is 0 Å². The molecule has 0 unspecified atom stereocenters. The van der Waals surface area contributed by atoms with Crippen LogP contribution in [0.5, 0.6) is 0 Å². The fourth-order valence-corrected chi connectivity index (χ4v) is 0.642. The van der Waals surface area contributed by atoms with Crippen molar-refractivity contribution in [2.75, 3.05) is 0 Å². The maximum absolute atomic E-state index is 4.39. The van der Waals surface area contributed by atoms with Gasteiger partial charge in [-0.15, -0.1) is 0 Å².